The van der Waals surface area contributed by atoms with Crippen LogP contribution in [0.1, 0.15) is 17.3 Å². The molecule has 0 radical (unpaired) electrons. The number of hydrogen-bond acceptors (Lipinski definition) is 3. The van der Waals surface area contributed by atoms with E-state index in [1.165, 1.54) is 5.69 Å². The van der Waals surface area contributed by atoms with E-state index < -0.39 is 0 Å². The number of nitrogens with one attached hydrogen (secondary N) is 1. The Balaban J connectivity index is 1.73. The van der Waals surface area contributed by atoms with Crippen LogP contribution in [-0.4, -0.2) is 35.3 Å². The van der Waals surface area contributed by atoms with E-state index in [9.17, 15) is 0 Å². The number of fused-ring (bicyclic) bond motifs is 1. The van der Waals surface area contributed by atoms with Crippen LogP contribution in [0.15, 0.2) is 65.3 Å². The summed E-state index contributed by atoms with van der Waals surface area (Å²) in [5, 5.41) is 4.06. The molecule has 1 aliphatic rings. The zero-order valence-corrected chi connectivity index (χ0v) is 18.7. The Morgan fingerprint density at radius 2 is 1.86 bits per heavy atom. The van der Waals surface area contributed by atoms with Gasteiger partial charge in [0.1, 0.15) is 17.5 Å². The molecule has 7 heteroatoms. The van der Waals surface area contributed by atoms with Gasteiger partial charge in [0.2, 0.25) is 0 Å². The molecule has 0 aliphatic carbocycles. The minimum atomic E-state index is -0.0840. The third-order valence-corrected chi connectivity index (χ3v) is 5.99. The summed E-state index contributed by atoms with van der Waals surface area (Å²) in [5.74, 6) is 1.60. The Labute approximate surface area is 184 Å². The van der Waals surface area contributed by atoms with Gasteiger partial charge in [-0.25, -0.2) is 0 Å². The minimum Gasteiger partial charge on any atom is -0.497 e. The first-order valence-corrected chi connectivity index (χ1v) is 10.5. The number of methoxy groups -OCH3 is 2. The Morgan fingerprint density at radius 1 is 1.07 bits per heavy atom. The zero-order chi connectivity index (χ0) is 20.4. The summed E-state index contributed by atoms with van der Waals surface area (Å²) in [6.45, 7) is 1.66. The van der Waals surface area contributed by atoms with Gasteiger partial charge in [0, 0.05) is 40.7 Å². The fourth-order valence-electron chi connectivity index (χ4n) is 3.71. The first kappa shape index (κ1) is 19.8. The Kier molecular flexibility index (Phi) is 5.78. The average molecular weight is 472 g/mol. The summed E-state index contributed by atoms with van der Waals surface area (Å²) in [4.78, 5) is 2.21. The van der Waals surface area contributed by atoms with Gasteiger partial charge in [0.25, 0.3) is 0 Å². The molecule has 0 spiro atoms. The molecular weight excluding hydrogens is 450 g/mol. The molecule has 1 aromatic heterocycles. The Morgan fingerprint density at radius 3 is 2.59 bits per heavy atom. The smallest absolute Gasteiger partial charge is 0.174 e. The van der Waals surface area contributed by atoms with Crippen molar-refractivity contribution in [2.45, 2.75) is 12.6 Å². The molecule has 3 aromatic rings. The summed E-state index contributed by atoms with van der Waals surface area (Å²) in [6.07, 6.45) is 2.11. The van der Waals surface area contributed by atoms with E-state index in [-0.39, 0.29) is 6.04 Å². The van der Waals surface area contributed by atoms with Gasteiger partial charge in [-0.2, -0.15) is 0 Å². The molecule has 150 valence electrons. The van der Waals surface area contributed by atoms with Crippen molar-refractivity contribution >= 4 is 38.9 Å². The molecular formula is C22H22BrN3O2S. The molecule has 2 aromatic carbocycles. The van der Waals surface area contributed by atoms with Crippen molar-refractivity contribution in [2.75, 3.05) is 26.1 Å². The number of rotatable bonds is 4. The lowest BCUT2D eigenvalue weighted by Crippen LogP contribution is -2.44. The highest BCUT2D eigenvalue weighted by Crippen LogP contribution is 2.39. The highest BCUT2D eigenvalue weighted by atomic mass is 79.9. The second-order valence-electron chi connectivity index (χ2n) is 6.77. The van der Waals surface area contributed by atoms with Crippen LogP contribution in [0.4, 0.5) is 5.69 Å². The molecule has 0 fully saturated rings. The monoisotopic (exact) mass is 471 g/mol. The van der Waals surface area contributed by atoms with E-state index in [0.29, 0.717) is 5.11 Å². The Hall–Kier alpha value is -2.51. The van der Waals surface area contributed by atoms with Crippen LogP contribution in [0.3, 0.4) is 0 Å². The number of thiocarbonyl (C=S) groups is 1. The molecule has 2 heterocycles. The van der Waals surface area contributed by atoms with Crippen LogP contribution in [0, 0.1) is 0 Å². The zero-order valence-electron chi connectivity index (χ0n) is 16.3. The molecule has 0 saturated heterocycles. The van der Waals surface area contributed by atoms with Crippen molar-refractivity contribution in [1.29, 1.82) is 0 Å². The largest absolute Gasteiger partial charge is 0.497 e. The van der Waals surface area contributed by atoms with E-state index in [0.717, 1.165) is 40.3 Å². The quantitative estimate of drug-likeness (QED) is 0.537. The Bertz CT molecular complexity index is 1020. The maximum Gasteiger partial charge on any atom is 0.174 e. The third-order valence-electron chi connectivity index (χ3n) is 5.13. The van der Waals surface area contributed by atoms with E-state index in [1.807, 2.05) is 42.5 Å². The van der Waals surface area contributed by atoms with Gasteiger partial charge >= 0.3 is 0 Å². The van der Waals surface area contributed by atoms with Gasteiger partial charge in [-0.15, -0.1) is 0 Å². The molecule has 0 bridgehead atoms. The van der Waals surface area contributed by atoms with E-state index in [4.69, 9.17) is 21.7 Å². The molecule has 29 heavy (non-hydrogen) atoms. The second-order valence-corrected chi connectivity index (χ2v) is 8.07. The summed E-state index contributed by atoms with van der Waals surface area (Å²) in [6, 6.07) is 18.0. The van der Waals surface area contributed by atoms with Crippen LogP contribution in [0.5, 0.6) is 11.5 Å². The topological polar surface area (TPSA) is 38.7 Å². The molecule has 5 nitrogen and oxygen atoms in total. The average Bonchev–Trinajstić information content (AvgIpc) is 3.23. The van der Waals surface area contributed by atoms with E-state index in [2.05, 4.69) is 49.0 Å². The minimum absolute atomic E-state index is 0.0840. The lowest BCUT2D eigenvalue weighted by Gasteiger charge is -2.39. The van der Waals surface area contributed by atoms with Gasteiger partial charge in [-0.05, 0) is 66.8 Å². The predicted molar refractivity (Wildman–Crippen MR) is 123 cm³/mol. The summed E-state index contributed by atoms with van der Waals surface area (Å²) in [5.41, 5.74) is 3.14. The lowest BCUT2D eigenvalue weighted by molar-refractivity contribution is 0.284. The normalized spacial score (nSPS) is 15.6. The standard InChI is InChI=1S/C22H22BrN3O2S/c1-27-17-9-10-20(28-2)18(14-17)21-19-4-3-11-25(19)12-13-26(21)22(29)24-16-7-5-15(23)6-8-16/h3-11,14,21H,12-13H2,1-2H3,(H,24,29)/t21-/m0/s1. The van der Waals surface area contributed by atoms with Crippen LogP contribution < -0.4 is 14.8 Å². The van der Waals surface area contributed by atoms with E-state index in [1.54, 1.807) is 14.2 Å². The number of hydrogen-bond donors (Lipinski definition) is 1. The fourth-order valence-corrected chi connectivity index (χ4v) is 4.29. The molecule has 0 unspecified atom stereocenters. The molecule has 1 N–H and O–H groups in total. The number of halogens is 1. The van der Waals surface area contributed by atoms with Crippen LogP contribution >= 0.6 is 28.1 Å². The molecule has 0 saturated carbocycles. The summed E-state index contributed by atoms with van der Waals surface area (Å²) < 4.78 is 14.5. The number of benzene rings is 2. The van der Waals surface area contributed by atoms with Crippen molar-refractivity contribution in [1.82, 2.24) is 9.47 Å². The van der Waals surface area contributed by atoms with Gasteiger partial charge in [-0.1, -0.05) is 15.9 Å². The first-order valence-electron chi connectivity index (χ1n) is 9.31. The van der Waals surface area contributed by atoms with Gasteiger partial charge in [0.05, 0.1) is 14.2 Å². The molecule has 0 amide bonds. The lowest BCUT2D eigenvalue weighted by atomic mass is 9.99. The van der Waals surface area contributed by atoms with Gasteiger partial charge in [0.15, 0.2) is 5.11 Å². The van der Waals surface area contributed by atoms with Crippen molar-refractivity contribution < 1.29 is 9.47 Å². The second kappa shape index (κ2) is 8.47. The van der Waals surface area contributed by atoms with Crippen molar-refractivity contribution in [3.63, 3.8) is 0 Å². The fraction of sp³-hybridized carbons (Fsp3) is 0.227. The summed E-state index contributed by atoms with van der Waals surface area (Å²) >= 11 is 9.30. The number of ether oxygens (including phenoxy) is 2. The summed E-state index contributed by atoms with van der Waals surface area (Å²) in [7, 11) is 3.36. The SMILES string of the molecule is COc1ccc(OC)c([C@H]2c3cccn3CCN2C(=S)Nc2ccc(Br)cc2)c1. The number of nitrogens with zero attached hydrogens (tertiary/aromatic N) is 2. The van der Waals surface area contributed by atoms with Crippen LogP contribution in [0.25, 0.3) is 0 Å². The third kappa shape index (κ3) is 3.97. The molecule has 4 rings (SSSR count). The highest BCUT2D eigenvalue weighted by Gasteiger charge is 2.33. The van der Waals surface area contributed by atoms with Crippen LogP contribution in [-0.2, 0) is 6.54 Å². The van der Waals surface area contributed by atoms with Crippen molar-refractivity contribution in [3.8, 4) is 11.5 Å². The number of anilines is 1. The predicted octanol–water partition coefficient (Wildman–Crippen LogP) is 5.07. The first-order chi connectivity index (χ1) is 14.1. The maximum atomic E-state index is 5.83. The molecule has 1 atom stereocenters. The highest BCUT2D eigenvalue weighted by molar-refractivity contribution is 9.10. The van der Waals surface area contributed by atoms with Gasteiger partial charge in [-0.3, -0.25) is 0 Å². The number of aromatic nitrogens is 1. The van der Waals surface area contributed by atoms with Crippen molar-refractivity contribution in [2.24, 2.45) is 0 Å². The molecule has 1 aliphatic heterocycles. The van der Waals surface area contributed by atoms with Crippen LogP contribution in [0.2, 0.25) is 0 Å². The maximum absolute atomic E-state index is 5.83. The van der Waals surface area contributed by atoms with E-state index >= 15 is 0 Å². The van der Waals surface area contributed by atoms with Gasteiger partial charge < -0.3 is 24.3 Å². The van der Waals surface area contributed by atoms with Crippen molar-refractivity contribution in [3.05, 3.63) is 76.5 Å².